The lowest BCUT2D eigenvalue weighted by atomic mass is 9.92. The van der Waals surface area contributed by atoms with Crippen LogP contribution in [0.2, 0.25) is 0 Å². The number of hydrogen-bond acceptors (Lipinski definition) is 3. The second-order valence-corrected chi connectivity index (χ2v) is 12.8. The Kier molecular flexibility index (Phi) is 6.25. The van der Waals surface area contributed by atoms with Crippen molar-refractivity contribution in [1.29, 1.82) is 0 Å². The van der Waals surface area contributed by atoms with E-state index >= 15 is 0 Å². The highest BCUT2D eigenvalue weighted by molar-refractivity contribution is 6.25. The molecule has 49 heavy (non-hydrogen) atoms. The topological polar surface area (TPSA) is 27.6 Å². The second kappa shape index (κ2) is 11.1. The molecule has 230 valence electrons. The van der Waals surface area contributed by atoms with Crippen molar-refractivity contribution >= 4 is 60.8 Å². The predicted molar refractivity (Wildman–Crippen MR) is 206 cm³/mol. The Balaban J connectivity index is 1.14. The summed E-state index contributed by atoms with van der Waals surface area (Å²) in [4.78, 5) is 7.73. The average Bonchev–Trinajstić information content (AvgIpc) is 3.52. The number of hydrogen-bond donors (Lipinski definition) is 1. The van der Waals surface area contributed by atoms with Crippen molar-refractivity contribution in [1.82, 2.24) is 5.32 Å². The van der Waals surface area contributed by atoms with E-state index in [2.05, 4.69) is 180 Å². The zero-order valence-corrected chi connectivity index (χ0v) is 26.7. The molecule has 1 atom stereocenters. The fourth-order valence-electron chi connectivity index (χ4n) is 7.83. The first-order chi connectivity index (χ1) is 24.3. The molecule has 8 aromatic rings. The molecule has 3 heteroatoms. The minimum absolute atomic E-state index is 0.137. The van der Waals surface area contributed by atoms with Crippen LogP contribution in [0.4, 0.5) is 11.4 Å². The van der Waals surface area contributed by atoms with Crippen molar-refractivity contribution in [2.45, 2.75) is 6.17 Å². The van der Waals surface area contributed by atoms with Crippen molar-refractivity contribution in [3.8, 4) is 11.1 Å². The van der Waals surface area contributed by atoms with Crippen molar-refractivity contribution in [2.75, 3.05) is 4.90 Å². The molecule has 2 aliphatic rings. The van der Waals surface area contributed by atoms with E-state index < -0.39 is 0 Å². The lowest BCUT2D eigenvalue weighted by molar-refractivity contribution is 0.768. The highest BCUT2D eigenvalue weighted by atomic mass is 15.3. The highest BCUT2D eigenvalue weighted by Crippen LogP contribution is 2.49. The van der Waals surface area contributed by atoms with Crippen LogP contribution in [0.15, 0.2) is 181 Å². The van der Waals surface area contributed by atoms with Crippen LogP contribution >= 0.6 is 0 Å². The molecular formula is C46H31N3. The van der Waals surface area contributed by atoms with Crippen LogP contribution in [0.5, 0.6) is 0 Å². The number of rotatable bonds is 4. The van der Waals surface area contributed by atoms with E-state index in [1.165, 1.54) is 60.3 Å². The van der Waals surface area contributed by atoms with E-state index in [0.717, 1.165) is 28.3 Å². The summed E-state index contributed by atoms with van der Waals surface area (Å²) in [5.41, 5.74) is 10.2. The number of para-hydroxylation sites is 1. The Labute approximate surface area is 285 Å². The smallest absolute Gasteiger partial charge is 0.135 e. The molecular weight excluding hydrogens is 595 g/mol. The Morgan fingerprint density at radius 2 is 0.980 bits per heavy atom. The van der Waals surface area contributed by atoms with Gasteiger partial charge in [0.25, 0.3) is 0 Å². The maximum Gasteiger partial charge on any atom is 0.135 e. The molecule has 2 heterocycles. The quantitative estimate of drug-likeness (QED) is 0.197. The zero-order valence-electron chi connectivity index (χ0n) is 26.7. The van der Waals surface area contributed by atoms with Gasteiger partial charge >= 0.3 is 0 Å². The van der Waals surface area contributed by atoms with Crippen LogP contribution in [0.25, 0.3) is 54.7 Å². The molecule has 0 radical (unpaired) electrons. The van der Waals surface area contributed by atoms with E-state index in [4.69, 9.17) is 4.99 Å². The van der Waals surface area contributed by atoms with E-state index in [9.17, 15) is 0 Å². The lowest BCUT2D eigenvalue weighted by Crippen LogP contribution is -2.46. The molecule has 0 bridgehead atoms. The summed E-state index contributed by atoms with van der Waals surface area (Å²) in [6.45, 7) is 0. The van der Waals surface area contributed by atoms with Crippen LogP contribution in [-0.2, 0) is 0 Å². The van der Waals surface area contributed by atoms with Gasteiger partial charge in [-0.3, -0.25) is 0 Å². The Hall–Kier alpha value is -6.45. The molecule has 1 N–H and O–H groups in total. The van der Waals surface area contributed by atoms with Gasteiger partial charge in [-0.2, -0.15) is 0 Å². The number of fused-ring (bicyclic) bond motifs is 9. The van der Waals surface area contributed by atoms with Crippen molar-refractivity contribution in [2.24, 2.45) is 4.99 Å². The minimum atomic E-state index is -0.137. The third kappa shape index (κ3) is 4.40. The van der Waals surface area contributed by atoms with Gasteiger partial charge < -0.3 is 10.2 Å². The first-order valence-corrected chi connectivity index (χ1v) is 16.8. The van der Waals surface area contributed by atoms with E-state index in [0.29, 0.717) is 0 Å². The van der Waals surface area contributed by atoms with Crippen molar-refractivity contribution < 1.29 is 0 Å². The van der Waals surface area contributed by atoms with Gasteiger partial charge in [0.1, 0.15) is 12.0 Å². The normalized spacial score (nSPS) is 15.3. The highest BCUT2D eigenvalue weighted by Gasteiger charge is 2.40. The third-order valence-electron chi connectivity index (χ3n) is 10.0. The van der Waals surface area contributed by atoms with Gasteiger partial charge in [-0.1, -0.05) is 152 Å². The molecule has 8 aromatic carbocycles. The van der Waals surface area contributed by atoms with Crippen molar-refractivity contribution in [3.63, 3.8) is 0 Å². The molecule has 2 aliphatic heterocycles. The van der Waals surface area contributed by atoms with Gasteiger partial charge in [-0.15, -0.1) is 0 Å². The second-order valence-electron chi connectivity index (χ2n) is 12.8. The zero-order chi connectivity index (χ0) is 32.3. The van der Waals surface area contributed by atoms with E-state index in [1.807, 2.05) is 6.07 Å². The predicted octanol–water partition coefficient (Wildman–Crippen LogP) is 11.2. The van der Waals surface area contributed by atoms with Gasteiger partial charge in [0.15, 0.2) is 0 Å². The summed E-state index contributed by atoms with van der Waals surface area (Å²) in [6, 6.07) is 63.2. The van der Waals surface area contributed by atoms with Crippen molar-refractivity contribution in [3.05, 3.63) is 193 Å². The SMILES string of the molecule is c1ccc(C2=NC(c3ccccc3)=C3c4ccccc4N(c4cccc(-c5ccc6c7ccccc7c7ccccc7c6c5)c4)C3N2)cc1. The minimum Gasteiger partial charge on any atom is -0.345 e. The largest absolute Gasteiger partial charge is 0.345 e. The van der Waals surface area contributed by atoms with Crippen LogP contribution in [0, 0.1) is 0 Å². The summed E-state index contributed by atoms with van der Waals surface area (Å²) in [7, 11) is 0. The summed E-state index contributed by atoms with van der Waals surface area (Å²) >= 11 is 0. The maximum atomic E-state index is 5.29. The molecule has 1 unspecified atom stereocenters. The molecule has 3 nitrogen and oxygen atoms in total. The number of anilines is 2. The van der Waals surface area contributed by atoms with Gasteiger partial charge in [0, 0.05) is 28.0 Å². The number of amidine groups is 1. The summed E-state index contributed by atoms with van der Waals surface area (Å²) < 4.78 is 0. The Bertz CT molecular complexity index is 2600. The first-order valence-electron chi connectivity index (χ1n) is 16.8. The molecule has 0 saturated heterocycles. The van der Waals surface area contributed by atoms with Crippen LogP contribution in [0.3, 0.4) is 0 Å². The molecule has 0 saturated carbocycles. The monoisotopic (exact) mass is 625 g/mol. The Morgan fingerprint density at radius 1 is 0.429 bits per heavy atom. The maximum absolute atomic E-state index is 5.29. The fourth-order valence-corrected chi connectivity index (χ4v) is 7.83. The average molecular weight is 626 g/mol. The van der Waals surface area contributed by atoms with Gasteiger partial charge in [0.05, 0.1) is 11.4 Å². The molecule has 0 amide bonds. The number of nitrogens with one attached hydrogen (secondary N) is 1. The van der Waals surface area contributed by atoms with E-state index in [-0.39, 0.29) is 6.17 Å². The standard InChI is InChI=1S/C46H31N3/c1-3-14-30(15-4-1)44-43-40-24-11-12-25-42(40)49(46(43)48-45(47-44)31-16-5-2-6-17-31)34-19-13-18-32(28-34)33-26-27-39-37-22-8-7-20-35(37)36-21-9-10-23-38(36)41(39)29-33/h1-29,46H,(H,47,48). The molecule has 0 spiro atoms. The van der Waals surface area contributed by atoms with Gasteiger partial charge in [-0.25, -0.2) is 4.99 Å². The number of benzene rings is 8. The Morgan fingerprint density at radius 3 is 1.69 bits per heavy atom. The van der Waals surface area contributed by atoms with Gasteiger partial charge in [0.2, 0.25) is 0 Å². The lowest BCUT2D eigenvalue weighted by Gasteiger charge is -2.33. The molecule has 0 aromatic heterocycles. The number of aliphatic imine (C=N–C) groups is 1. The summed E-state index contributed by atoms with van der Waals surface area (Å²) in [5, 5.41) is 11.6. The molecule has 10 rings (SSSR count). The number of nitrogens with zero attached hydrogens (tertiary/aromatic N) is 2. The fraction of sp³-hybridized carbons (Fsp3) is 0.0217. The van der Waals surface area contributed by atoms with Crippen LogP contribution in [-0.4, -0.2) is 12.0 Å². The third-order valence-corrected chi connectivity index (χ3v) is 10.0. The van der Waals surface area contributed by atoms with Crippen LogP contribution < -0.4 is 10.2 Å². The van der Waals surface area contributed by atoms with E-state index in [1.54, 1.807) is 0 Å². The molecule has 0 fully saturated rings. The summed E-state index contributed by atoms with van der Waals surface area (Å²) in [5.74, 6) is 0.871. The first kappa shape index (κ1) is 27.6. The summed E-state index contributed by atoms with van der Waals surface area (Å²) in [6.07, 6.45) is -0.137. The molecule has 0 aliphatic carbocycles. The van der Waals surface area contributed by atoms with Crippen LogP contribution in [0.1, 0.15) is 16.7 Å². The van der Waals surface area contributed by atoms with Gasteiger partial charge in [-0.05, 0) is 67.7 Å².